The highest BCUT2D eigenvalue weighted by atomic mass is 19.1. The molecule has 0 spiro atoms. The molecule has 30 heavy (non-hydrogen) atoms. The van der Waals surface area contributed by atoms with E-state index >= 15 is 0 Å². The molecule has 164 valence electrons. The van der Waals surface area contributed by atoms with E-state index < -0.39 is 5.82 Å². The third-order valence-electron chi connectivity index (χ3n) is 5.70. The molecule has 1 saturated heterocycles. The van der Waals surface area contributed by atoms with E-state index in [2.05, 4.69) is 34.2 Å². The van der Waals surface area contributed by atoms with E-state index in [1.54, 1.807) is 9.25 Å². The van der Waals surface area contributed by atoms with E-state index in [0.717, 1.165) is 25.1 Å². The van der Waals surface area contributed by atoms with E-state index in [9.17, 15) is 9.18 Å². The molecule has 1 fully saturated rings. The molecule has 9 nitrogen and oxygen atoms in total. The molecule has 4 rings (SSSR count). The first kappa shape index (κ1) is 20.8. The number of nitrogens with one attached hydrogen (secondary N) is 1. The molecule has 2 aliphatic rings. The van der Waals surface area contributed by atoms with Gasteiger partial charge < -0.3 is 15.0 Å². The van der Waals surface area contributed by atoms with Crippen molar-refractivity contribution in [1.82, 2.24) is 24.3 Å². The Bertz CT molecular complexity index is 920. The van der Waals surface area contributed by atoms with E-state index in [4.69, 9.17) is 4.74 Å². The second-order valence-corrected chi connectivity index (χ2v) is 8.39. The lowest BCUT2D eigenvalue weighted by Crippen LogP contribution is -2.37. The summed E-state index contributed by atoms with van der Waals surface area (Å²) in [4.78, 5) is 23.1. The summed E-state index contributed by atoms with van der Waals surface area (Å²) in [6, 6.07) is 0.0956. The average Bonchev–Trinajstić information content (AvgIpc) is 2.91. The summed E-state index contributed by atoms with van der Waals surface area (Å²) in [5.41, 5.74) is -0.0288. The Morgan fingerprint density at radius 3 is 2.83 bits per heavy atom. The number of rotatable bonds is 6. The summed E-state index contributed by atoms with van der Waals surface area (Å²) >= 11 is 0. The Morgan fingerprint density at radius 1 is 1.27 bits per heavy atom. The Labute approximate surface area is 175 Å². The summed E-state index contributed by atoms with van der Waals surface area (Å²) in [5, 5.41) is 7.88. The van der Waals surface area contributed by atoms with Crippen LogP contribution in [0.15, 0.2) is 11.0 Å². The lowest BCUT2D eigenvalue weighted by atomic mass is 10.1. The zero-order valence-electron chi connectivity index (χ0n) is 17.7. The lowest BCUT2D eigenvalue weighted by Gasteiger charge is -2.28. The number of ether oxygens (including phenoxy) is 1. The monoisotopic (exact) mass is 419 g/mol. The molecule has 0 radical (unpaired) electrons. The summed E-state index contributed by atoms with van der Waals surface area (Å²) in [6.07, 6.45) is 4.44. The van der Waals surface area contributed by atoms with Gasteiger partial charge in [0.25, 0.3) is 0 Å². The van der Waals surface area contributed by atoms with Crippen LogP contribution in [0.5, 0.6) is 0 Å². The van der Waals surface area contributed by atoms with Crippen LogP contribution in [0.25, 0.3) is 0 Å². The normalized spacial score (nSPS) is 19.6. The van der Waals surface area contributed by atoms with Gasteiger partial charge in [-0.25, -0.2) is 18.9 Å². The zero-order chi connectivity index (χ0) is 21.1. The van der Waals surface area contributed by atoms with Crippen molar-refractivity contribution >= 4 is 11.8 Å². The van der Waals surface area contributed by atoms with Gasteiger partial charge in [-0.15, -0.1) is 0 Å². The molecule has 4 heterocycles. The Morgan fingerprint density at radius 2 is 2.07 bits per heavy atom. The fraction of sp³-hybridized carbons (Fsp3) is 0.700. The second-order valence-electron chi connectivity index (χ2n) is 8.39. The van der Waals surface area contributed by atoms with Gasteiger partial charge in [-0.2, -0.15) is 10.1 Å². The summed E-state index contributed by atoms with van der Waals surface area (Å²) in [5.74, 6) is 1.67. The van der Waals surface area contributed by atoms with Crippen LogP contribution in [0.2, 0.25) is 0 Å². The Kier molecular flexibility index (Phi) is 6.31. The molecule has 1 N–H and O–H groups in total. The third kappa shape index (κ3) is 4.63. The summed E-state index contributed by atoms with van der Waals surface area (Å²) in [7, 11) is 0. The standard InChI is InChI=1S/C20H30FN7O2/c1-14(2)5-8-28-20(29)27-7-6-15(3-4-17(27)25-28)23-19-22-13-16(21)18(24-19)26-9-11-30-12-10-26/h13-15H,3-12H2,1-2H3,(H,22,23,24). The van der Waals surface area contributed by atoms with Crippen molar-refractivity contribution in [3.63, 3.8) is 0 Å². The fourth-order valence-electron chi connectivity index (χ4n) is 3.91. The van der Waals surface area contributed by atoms with Crippen molar-refractivity contribution < 1.29 is 9.13 Å². The van der Waals surface area contributed by atoms with Crippen molar-refractivity contribution in [1.29, 1.82) is 0 Å². The lowest BCUT2D eigenvalue weighted by molar-refractivity contribution is 0.122. The Balaban J connectivity index is 1.41. The van der Waals surface area contributed by atoms with Gasteiger partial charge >= 0.3 is 5.69 Å². The van der Waals surface area contributed by atoms with Gasteiger partial charge in [-0.05, 0) is 25.2 Å². The van der Waals surface area contributed by atoms with Crippen molar-refractivity contribution in [3.8, 4) is 0 Å². The van der Waals surface area contributed by atoms with Crippen LogP contribution in [0.1, 0.15) is 38.9 Å². The molecule has 0 aromatic carbocycles. The van der Waals surface area contributed by atoms with Crippen molar-refractivity contribution in [2.45, 2.75) is 58.7 Å². The average molecular weight is 420 g/mol. The van der Waals surface area contributed by atoms with Crippen molar-refractivity contribution in [2.75, 3.05) is 36.5 Å². The van der Waals surface area contributed by atoms with Gasteiger partial charge in [-0.1, -0.05) is 13.8 Å². The quantitative estimate of drug-likeness (QED) is 0.762. The highest BCUT2D eigenvalue weighted by molar-refractivity contribution is 5.44. The number of fused-ring (bicyclic) bond motifs is 1. The summed E-state index contributed by atoms with van der Waals surface area (Å²) in [6.45, 7) is 7.90. The number of morpholine rings is 1. The Hall–Kier alpha value is -2.49. The van der Waals surface area contributed by atoms with Gasteiger partial charge in [0, 0.05) is 38.6 Å². The van der Waals surface area contributed by atoms with Crippen LogP contribution in [0.3, 0.4) is 0 Å². The maximum absolute atomic E-state index is 14.2. The van der Waals surface area contributed by atoms with Crippen LogP contribution in [-0.4, -0.2) is 56.7 Å². The zero-order valence-corrected chi connectivity index (χ0v) is 17.7. The second kappa shape index (κ2) is 9.11. The molecule has 2 aromatic heterocycles. The number of halogens is 1. The van der Waals surface area contributed by atoms with Crippen LogP contribution < -0.4 is 15.9 Å². The first-order valence-corrected chi connectivity index (χ1v) is 10.8. The smallest absolute Gasteiger partial charge is 0.345 e. The minimum atomic E-state index is -0.426. The van der Waals surface area contributed by atoms with Gasteiger partial charge in [0.15, 0.2) is 11.6 Å². The van der Waals surface area contributed by atoms with Gasteiger partial charge in [0.05, 0.1) is 19.4 Å². The minimum Gasteiger partial charge on any atom is -0.378 e. The molecule has 0 bridgehead atoms. The van der Waals surface area contributed by atoms with Crippen LogP contribution >= 0.6 is 0 Å². The maximum atomic E-state index is 14.2. The number of hydrogen-bond acceptors (Lipinski definition) is 7. The molecule has 0 saturated carbocycles. The molecule has 0 amide bonds. The highest BCUT2D eigenvalue weighted by Gasteiger charge is 2.23. The van der Waals surface area contributed by atoms with Crippen LogP contribution in [-0.2, 0) is 24.2 Å². The molecular formula is C20H30FN7O2. The highest BCUT2D eigenvalue weighted by Crippen LogP contribution is 2.21. The molecule has 1 atom stereocenters. The van der Waals surface area contributed by atoms with Crippen LogP contribution in [0, 0.1) is 11.7 Å². The molecule has 2 aliphatic heterocycles. The number of nitrogens with zero attached hydrogens (tertiary/aromatic N) is 6. The molecule has 0 aliphatic carbocycles. The van der Waals surface area contributed by atoms with Crippen molar-refractivity contribution in [2.24, 2.45) is 5.92 Å². The third-order valence-corrected chi connectivity index (χ3v) is 5.70. The number of aromatic nitrogens is 5. The van der Waals surface area contributed by atoms with Gasteiger partial charge in [0.2, 0.25) is 5.95 Å². The SMILES string of the molecule is CC(C)CCn1nc2n(c1=O)CCC(Nc1ncc(F)c(N3CCOCC3)n1)CC2. The minimum absolute atomic E-state index is 0.0288. The van der Waals surface area contributed by atoms with E-state index in [1.165, 1.54) is 6.20 Å². The van der Waals surface area contributed by atoms with E-state index in [-0.39, 0.29) is 11.7 Å². The van der Waals surface area contributed by atoms with Gasteiger partial charge in [-0.3, -0.25) is 4.57 Å². The predicted octanol–water partition coefficient (Wildman–Crippen LogP) is 1.67. The summed E-state index contributed by atoms with van der Waals surface area (Å²) < 4.78 is 23.0. The largest absolute Gasteiger partial charge is 0.378 e. The van der Waals surface area contributed by atoms with E-state index in [0.29, 0.717) is 63.5 Å². The number of aryl methyl sites for hydroxylation is 2. The molecular weight excluding hydrogens is 389 g/mol. The fourth-order valence-corrected chi connectivity index (χ4v) is 3.91. The van der Waals surface area contributed by atoms with Crippen molar-refractivity contribution in [3.05, 3.63) is 28.3 Å². The molecule has 2 aromatic rings. The number of hydrogen-bond donors (Lipinski definition) is 1. The number of anilines is 2. The predicted molar refractivity (Wildman–Crippen MR) is 111 cm³/mol. The van der Waals surface area contributed by atoms with Crippen LogP contribution in [0.4, 0.5) is 16.2 Å². The first-order chi connectivity index (χ1) is 14.5. The molecule has 1 unspecified atom stereocenters. The van der Waals surface area contributed by atoms with Gasteiger partial charge in [0.1, 0.15) is 5.82 Å². The van der Waals surface area contributed by atoms with E-state index in [1.807, 2.05) is 4.90 Å². The maximum Gasteiger partial charge on any atom is 0.345 e. The molecule has 10 heteroatoms. The topological polar surface area (TPSA) is 90.1 Å². The first-order valence-electron chi connectivity index (χ1n) is 10.8.